The van der Waals surface area contributed by atoms with Gasteiger partial charge in [-0.15, -0.1) is 0 Å². The number of amides is 1. The van der Waals surface area contributed by atoms with Crippen molar-refractivity contribution < 1.29 is 9.48 Å². The fourth-order valence-electron chi connectivity index (χ4n) is 0.776. The summed E-state index contributed by atoms with van der Waals surface area (Å²) in [4.78, 5) is 11.5. The van der Waals surface area contributed by atoms with Crippen LogP contribution in [0.4, 0.5) is 0 Å². The molecule has 0 radical (unpaired) electrons. The standard InChI is InChI=1S/C9H19N2O/c1-7(2)6-11(10)8(12)9(3,4)5/h6-7H,10H2,1-5H3/q+1/b11-6+. The molecule has 0 bridgehead atoms. The van der Waals surface area contributed by atoms with Crippen molar-refractivity contribution >= 4 is 12.1 Å². The highest BCUT2D eigenvalue weighted by molar-refractivity contribution is 5.77. The summed E-state index contributed by atoms with van der Waals surface area (Å²) >= 11 is 0. The van der Waals surface area contributed by atoms with E-state index in [1.807, 2.05) is 34.6 Å². The molecule has 3 nitrogen and oxygen atoms in total. The zero-order valence-electron chi connectivity index (χ0n) is 8.59. The summed E-state index contributed by atoms with van der Waals surface area (Å²) in [5, 5.41) is 0. The lowest BCUT2D eigenvalue weighted by Crippen LogP contribution is -2.38. The van der Waals surface area contributed by atoms with Crippen LogP contribution in [0.2, 0.25) is 0 Å². The van der Waals surface area contributed by atoms with Gasteiger partial charge >= 0.3 is 5.91 Å². The van der Waals surface area contributed by atoms with Crippen LogP contribution in [0.15, 0.2) is 0 Å². The molecule has 0 aliphatic heterocycles. The Balaban J connectivity index is 4.51. The number of hydrogen-bond donors (Lipinski definition) is 1. The molecule has 0 aliphatic rings. The lowest BCUT2D eigenvalue weighted by molar-refractivity contribution is -0.464. The predicted octanol–water partition coefficient (Wildman–Crippen LogP) is 1.17. The van der Waals surface area contributed by atoms with Gasteiger partial charge in [-0.1, -0.05) is 18.5 Å². The molecule has 12 heavy (non-hydrogen) atoms. The van der Waals surface area contributed by atoms with Crippen molar-refractivity contribution in [3.63, 3.8) is 0 Å². The molecular weight excluding hydrogens is 152 g/mol. The first-order valence-corrected chi connectivity index (χ1v) is 4.18. The number of nitrogens with two attached hydrogens (primary N) is 1. The smallest absolute Gasteiger partial charge is 0.216 e. The van der Waals surface area contributed by atoms with Crippen molar-refractivity contribution in [2.45, 2.75) is 34.6 Å². The molecule has 0 aromatic rings. The molecule has 3 heteroatoms. The first-order valence-electron chi connectivity index (χ1n) is 4.18. The number of hydrazone groups is 1. The van der Waals surface area contributed by atoms with Crippen molar-refractivity contribution in [2.75, 3.05) is 0 Å². The van der Waals surface area contributed by atoms with Crippen LogP contribution in [-0.2, 0) is 4.79 Å². The van der Waals surface area contributed by atoms with E-state index >= 15 is 0 Å². The van der Waals surface area contributed by atoms with Crippen LogP contribution in [0.3, 0.4) is 0 Å². The second kappa shape index (κ2) is 3.70. The van der Waals surface area contributed by atoms with Crippen LogP contribution < -0.4 is 5.84 Å². The Hall–Kier alpha value is -0.860. The summed E-state index contributed by atoms with van der Waals surface area (Å²) in [6.07, 6.45) is 1.72. The Kier molecular flexibility index (Phi) is 3.43. The number of carbonyl (C=O) groups is 1. The van der Waals surface area contributed by atoms with Crippen LogP contribution in [0.1, 0.15) is 34.6 Å². The molecule has 0 spiro atoms. The third kappa shape index (κ3) is 3.51. The number of rotatable bonds is 1. The van der Waals surface area contributed by atoms with Gasteiger partial charge in [0.1, 0.15) is 0 Å². The Morgan fingerprint density at radius 1 is 1.42 bits per heavy atom. The summed E-state index contributed by atoms with van der Waals surface area (Å²) in [5.41, 5.74) is -0.403. The maximum Gasteiger partial charge on any atom is 0.419 e. The predicted molar refractivity (Wildman–Crippen MR) is 49.8 cm³/mol. The Morgan fingerprint density at radius 3 is 2.08 bits per heavy atom. The largest absolute Gasteiger partial charge is 0.419 e. The van der Waals surface area contributed by atoms with E-state index in [1.165, 1.54) is 4.68 Å². The molecule has 0 aromatic heterocycles. The normalized spacial score (nSPS) is 13.7. The first kappa shape index (κ1) is 11.1. The molecule has 0 saturated carbocycles. The maximum atomic E-state index is 11.5. The molecule has 0 heterocycles. The van der Waals surface area contributed by atoms with Crippen molar-refractivity contribution in [3.05, 3.63) is 0 Å². The van der Waals surface area contributed by atoms with Crippen LogP contribution in [-0.4, -0.2) is 16.8 Å². The molecule has 70 valence electrons. The topological polar surface area (TPSA) is 46.1 Å². The van der Waals surface area contributed by atoms with E-state index in [4.69, 9.17) is 5.84 Å². The summed E-state index contributed by atoms with van der Waals surface area (Å²) in [5.74, 6) is 5.77. The van der Waals surface area contributed by atoms with E-state index in [0.29, 0.717) is 5.92 Å². The van der Waals surface area contributed by atoms with E-state index in [9.17, 15) is 4.79 Å². The zero-order valence-corrected chi connectivity index (χ0v) is 8.59. The van der Waals surface area contributed by atoms with Crippen LogP contribution in [0.25, 0.3) is 0 Å². The van der Waals surface area contributed by atoms with Gasteiger partial charge in [-0.05, 0) is 20.8 Å². The summed E-state index contributed by atoms with van der Waals surface area (Å²) < 4.78 is 1.19. The zero-order chi connectivity index (χ0) is 9.94. The number of nitrogens with zero attached hydrogens (tertiary/aromatic N) is 1. The summed E-state index contributed by atoms with van der Waals surface area (Å²) in [7, 11) is 0. The van der Waals surface area contributed by atoms with Gasteiger partial charge in [0.15, 0.2) is 6.21 Å². The van der Waals surface area contributed by atoms with E-state index in [-0.39, 0.29) is 5.91 Å². The summed E-state index contributed by atoms with van der Waals surface area (Å²) in [6, 6.07) is 0. The third-order valence-corrected chi connectivity index (χ3v) is 1.33. The van der Waals surface area contributed by atoms with Crippen LogP contribution in [0.5, 0.6) is 0 Å². The Labute approximate surface area is 74.2 Å². The highest BCUT2D eigenvalue weighted by atomic mass is 16.2. The number of carbonyl (C=O) groups excluding carboxylic acids is 1. The molecule has 0 atom stereocenters. The number of hydrogen-bond acceptors (Lipinski definition) is 2. The third-order valence-electron chi connectivity index (χ3n) is 1.33. The quantitative estimate of drug-likeness (QED) is 0.212. The SMILES string of the molecule is CC(C)/C=[N+](/N)C(=O)C(C)(C)C. The molecule has 0 saturated heterocycles. The van der Waals surface area contributed by atoms with Gasteiger partial charge in [0.2, 0.25) is 0 Å². The highest BCUT2D eigenvalue weighted by Crippen LogP contribution is 2.13. The average molecular weight is 171 g/mol. The fourth-order valence-corrected chi connectivity index (χ4v) is 0.776. The van der Waals surface area contributed by atoms with Crippen LogP contribution in [0, 0.1) is 11.3 Å². The van der Waals surface area contributed by atoms with E-state index in [1.54, 1.807) is 6.21 Å². The molecule has 0 aliphatic carbocycles. The lowest BCUT2D eigenvalue weighted by Gasteiger charge is -2.09. The second-order valence-electron chi connectivity index (χ2n) is 4.36. The van der Waals surface area contributed by atoms with Crippen molar-refractivity contribution in [3.8, 4) is 0 Å². The van der Waals surface area contributed by atoms with E-state index in [0.717, 1.165) is 0 Å². The monoisotopic (exact) mass is 171 g/mol. The number of hydrazine groups is 1. The van der Waals surface area contributed by atoms with Gasteiger partial charge in [0.25, 0.3) is 0 Å². The molecule has 0 rings (SSSR count). The molecule has 2 N–H and O–H groups in total. The fraction of sp³-hybridized carbons (Fsp3) is 0.778. The van der Waals surface area contributed by atoms with Gasteiger partial charge in [-0.2, -0.15) is 0 Å². The molecule has 0 aromatic carbocycles. The minimum atomic E-state index is -0.403. The Bertz CT molecular complexity index is 199. The van der Waals surface area contributed by atoms with Crippen molar-refractivity contribution in [1.29, 1.82) is 0 Å². The van der Waals surface area contributed by atoms with Crippen molar-refractivity contribution in [1.82, 2.24) is 0 Å². The average Bonchev–Trinajstić information content (AvgIpc) is 1.82. The van der Waals surface area contributed by atoms with E-state index < -0.39 is 5.41 Å². The first-order chi connectivity index (χ1) is 5.25. The van der Waals surface area contributed by atoms with Gasteiger partial charge < -0.3 is 0 Å². The van der Waals surface area contributed by atoms with E-state index in [2.05, 4.69) is 0 Å². The van der Waals surface area contributed by atoms with Crippen LogP contribution >= 0.6 is 0 Å². The summed E-state index contributed by atoms with van der Waals surface area (Å²) in [6.45, 7) is 9.52. The molecular formula is C9H19N2O+. The van der Waals surface area contributed by atoms with Gasteiger partial charge in [-0.25, -0.2) is 10.6 Å². The van der Waals surface area contributed by atoms with Gasteiger partial charge in [-0.3, -0.25) is 0 Å². The second-order valence-corrected chi connectivity index (χ2v) is 4.36. The van der Waals surface area contributed by atoms with Gasteiger partial charge in [0.05, 0.1) is 5.41 Å². The minimum absolute atomic E-state index is 0.0591. The highest BCUT2D eigenvalue weighted by Gasteiger charge is 2.31. The molecule has 0 unspecified atom stereocenters. The molecule has 1 amide bonds. The Morgan fingerprint density at radius 2 is 1.83 bits per heavy atom. The van der Waals surface area contributed by atoms with Gasteiger partial charge in [0, 0.05) is 5.92 Å². The lowest BCUT2D eigenvalue weighted by atomic mass is 9.96. The molecule has 0 fully saturated rings. The maximum absolute atomic E-state index is 11.5. The minimum Gasteiger partial charge on any atom is -0.216 e. The van der Waals surface area contributed by atoms with Crippen molar-refractivity contribution in [2.24, 2.45) is 17.2 Å².